The second kappa shape index (κ2) is 14.4. The molecule has 0 radical (unpaired) electrons. The molecule has 3 aromatic rings. The van der Waals surface area contributed by atoms with Crippen LogP contribution in [0.25, 0.3) is 5.57 Å². The van der Waals surface area contributed by atoms with Crippen LogP contribution >= 0.6 is 46.6 Å². The van der Waals surface area contributed by atoms with Crippen molar-refractivity contribution >= 4 is 90.0 Å². The Morgan fingerprint density at radius 2 is 1.52 bits per heavy atom. The monoisotopic (exact) mass is 868 g/mol. The van der Waals surface area contributed by atoms with Crippen LogP contribution in [-0.4, -0.2) is 64.9 Å². The van der Waals surface area contributed by atoms with Gasteiger partial charge in [0.25, 0.3) is 0 Å². The number of hydrogen-bond acceptors (Lipinski definition) is 11. The van der Waals surface area contributed by atoms with E-state index < -0.39 is 103 Å². The van der Waals surface area contributed by atoms with Gasteiger partial charge in [0.15, 0.2) is 21.9 Å². The number of carboxylic acids is 2. The summed E-state index contributed by atoms with van der Waals surface area (Å²) in [5.41, 5.74) is -2.47. The summed E-state index contributed by atoms with van der Waals surface area (Å²) in [6, 6.07) is 2.99. The van der Waals surface area contributed by atoms with Crippen LogP contribution < -0.4 is 55.2 Å². The Kier molecular flexibility index (Phi) is 11.5. The molecule has 3 heterocycles. The summed E-state index contributed by atoms with van der Waals surface area (Å²) in [4.78, 5) is 25.8. The number of ether oxygens (including phenoxy) is 1. The molecule has 13 nitrogen and oxygen atoms in total. The zero-order valence-electron chi connectivity index (χ0n) is 29.9. The van der Waals surface area contributed by atoms with Crippen molar-refractivity contribution in [2.75, 3.05) is 11.1 Å². The number of nitrogens with one attached hydrogen (secondary N) is 2. The number of benzene rings is 3. The van der Waals surface area contributed by atoms with Crippen LogP contribution in [0.15, 0.2) is 26.8 Å². The zero-order valence-corrected chi connectivity index (χ0v) is 36.6. The molecule has 0 fully saturated rings. The van der Waals surface area contributed by atoms with E-state index in [1.165, 1.54) is 12.1 Å². The fourth-order valence-corrected chi connectivity index (χ4v) is 11.3. The summed E-state index contributed by atoms with van der Waals surface area (Å²) in [7, 11) is -11.0. The number of aromatic carboxylic acids is 1. The van der Waals surface area contributed by atoms with Crippen molar-refractivity contribution in [1.29, 1.82) is 0 Å². The van der Waals surface area contributed by atoms with Gasteiger partial charge in [0.2, 0.25) is 5.36 Å². The van der Waals surface area contributed by atoms with E-state index in [2.05, 4.69) is 10.3 Å². The van der Waals surface area contributed by atoms with Crippen molar-refractivity contribution in [3.63, 3.8) is 0 Å². The molecule has 0 saturated carbocycles. The number of hydrogen-bond donors (Lipinski definition) is 4. The van der Waals surface area contributed by atoms with E-state index in [1.807, 2.05) is 0 Å². The Morgan fingerprint density at radius 3 is 2.07 bits per heavy atom. The number of aliphatic carboxylic acids is 1. The van der Waals surface area contributed by atoms with Gasteiger partial charge in [-0.1, -0.05) is 48.7 Å². The maximum atomic E-state index is 13.3. The minimum atomic E-state index is -5.50. The van der Waals surface area contributed by atoms with Crippen molar-refractivity contribution in [2.24, 2.45) is 0 Å². The number of rotatable bonds is 7. The van der Waals surface area contributed by atoms with Gasteiger partial charge in [-0.15, -0.1) is 11.8 Å². The number of anilines is 1. The van der Waals surface area contributed by atoms with E-state index in [-0.39, 0.29) is 66.9 Å². The minimum Gasteiger partial charge on any atom is -0.744 e. The van der Waals surface area contributed by atoms with Crippen LogP contribution in [-0.2, 0) is 25.0 Å². The number of fused-ring (bicyclic) bond motifs is 4. The van der Waals surface area contributed by atoms with Crippen molar-refractivity contribution in [2.45, 2.75) is 92.0 Å². The Hall–Kier alpha value is -2.09. The molecule has 2 atom stereocenters. The predicted molar refractivity (Wildman–Crippen MR) is 194 cm³/mol. The first-order valence-electron chi connectivity index (χ1n) is 16.0. The third-order valence-electron chi connectivity index (χ3n) is 9.48. The fourth-order valence-electron chi connectivity index (χ4n) is 7.79. The Balaban J connectivity index is 0.00000561. The molecule has 0 aliphatic carbocycles. The molecule has 3 aliphatic heterocycles. The van der Waals surface area contributed by atoms with Crippen LogP contribution in [0.5, 0.6) is 11.5 Å². The molecule has 0 saturated heterocycles. The molecule has 0 bridgehead atoms. The molecule has 2 unspecified atom stereocenters. The third-order valence-corrected chi connectivity index (χ3v) is 13.8. The second-order valence-corrected chi connectivity index (χ2v) is 19.5. The van der Waals surface area contributed by atoms with Gasteiger partial charge >= 0.3 is 41.5 Å². The van der Waals surface area contributed by atoms with Crippen LogP contribution in [0.1, 0.15) is 98.8 Å². The summed E-state index contributed by atoms with van der Waals surface area (Å²) < 4.78 is 86.2. The second-order valence-electron chi connectivity index (χ2n) is 14.7. The first-order valence-corrected chi connectivity index (χ1v) is 20.9. The summed E-state index contributed by atoms with van der Waals surface area (Å²) in [6.07, 6.45) is 0.914. The Bertz CT molecular complexity index is 2560. The molecule has 0 spiro atoms. The molecular weight excluding hydrogens is 838 g/mol. The summed E-state index contributed by atoms with van der Waals surface area (Å²) in [5.74, 6) is -5.71. The van der Waals surface area contributed by atoms with Gasteiger partial charge in [0, 0.05) is 44.3 Å². The quantitative estimate of drug-likeness (QED) is 0.0893. The largest absolute Gasteiger partial charge is 1.00 e. The first kappa shape index (κ1) is 43.0. The maximum Gasteiger partial charge on any atom is 1.00 e. The molecule has 6 rings (SSSR count). The summed E-state index contributed by atoms with van der Waals surface area (Å²) in [6.45, 7) is 10.7. The Morgan fingerprint density at radius 1 is 0.926 bits per heavy atom. The van der Waals surface area contributed by atoms with E-state index in [1.54, 1.807) is 41.5 Å². The van der Waals surface area contributed by atoms with Crippen molar-refractivity contribution in [3.8, 4) is 11.5 Å². The Labute approximate surface area is 352 Å². The average molecular weight is 870 g/mol. The third kappa shape index (κ3) is 7.41. The van der Waals surface area contributed by atoms with Gasteiger partial charge in [-0.3, -0.25) is 4.79 Å². The van der Waals surface area contributed by atoms with Gasteiger partial charge in [-0.2, -0.15) is 0 Å². The smallest absolute Gasteiger partial charge is 0.744 e. The molecule has 0 aromatic heterocycles. The molecule has 3 aromatic carbocycles. The van der Waals surface area contributed by atoms with E-state index in [0.717, 1.165) is 0 Å². The van der Waals surface area contributed by atoms with Gasteiger partial charge < -0.3 is 29.4 Å². The fraction of sp³-hybridized carbons (Fsp3) is 0.382. The number of carbonyl (C=O) groups is 2. The average Bonchev–Trinajstić information content (AvgIpc) is 2.97. The van der Waals surface area contributed by atoms with E-state index in [4.69, 9.17) is 39.5 Å². The van der Waals surface area contributed by atoms with Crippen LogP contribution in [0.4, 0.5) is 5.69 Å². The van der Waals surface area contributed by atoms with E-state index in [0.29, 0.717) is 35.7 Å². The van der Waals surface area contributed by atoms with E-state index >= 15 is 0 Å². The standard InChI is InChI=1S/C34H33Cl3N2O11S3.Na/c1-12-9-33(3,4)38-25-14(12)7-16-19(20-21(32(42)43)22(35)24(37)29(23(20)36)51-11-18(40)41)17-8-15-13(2)10-34(5,6)39-26(15)31(53(47,48)49)28(17)50-27(16)30(25)52(44,45)46;/h7-8,12-13,38H,9-11H2,1-6H3,(H,40,41)(H,42,43)(H,44,45,46)(H,47,48,49);/q;+1/p-1. The van der Waals surface area contributed by atoms with Crippen molar-refractivity contribution in [1.82, 2.24) is 0 Å². The molecule has 54 heavy (non-hydrogen) atoms. The zero-order chi connectivity index (χ0) is 39.5. The summed E-state index contributed by atoms with van der Waals surface area (Å²) in [5, 5.41) is 21.5. The molecule has 0 amide bonds. The molecule has 4 N–H and O–H groups in total. The van der Waals surface area contributed by atoms with Crippen LogP contribution in [0.2, 0.25) is 15.1 Å². The molecule has 20 heteroatoms. The van der Waals surface area contributed by atoms with Crippen LogP contribution in [0, 0.1) is 0 Å². The molecular formula is C34H32Cl3N2NaO11S3. The number of halogens is 3. The number of carboxylic acid groups (broad SMARTS) is 2. The van der Waals surface area contributed by atoms with Gasteiger partial charge in [-0.05, 0) is 63.6 Å². The molecule has 284 valence electrons. The topological polar surface area (TPSA) is 224 Å². The van der Waals surface area contributed by atoms with Crippen LogP contribution in [0.3, 0.4) is 0 Å². The van der Waals surface area contributed by atoms with Gasteiger partial charge in [0.05, 0.1) is 32.1 Å². The SMILES string of the molecule is CC1CC(C)(C)Nc2c1cc1c(c2S(=O)(=O)[O-])Oc2c(S(=O)(=O)[O-])c3c(cc2=C1c1c(Cl)c(SCC(=O)O)c(Cl)c(Cl)c1C(=O)O)C(C)CC(C)(C)[NH+]=3.[Na+]. The molecule has 3 aliphatic rings. The number of thioether (sulfide) groups is 1. The maximum absolute atomic E-state index is 13.3. The van der Waals surface area contributed by atoms with Gasteiger partial charge in [0.1, 0.15) is 25.1 Å². The normalized spacial score (nSPS) is 19.4. The summed E-state index contributed by atoms with van der Waals surface area (Å²) >= 11 is 20.7. The van der Waals surface area contributed by atoms with Gasteiger partial charge in [-0.25, -0.2) is 26.6 Å². The predicted octanol–water partition coefficient (Wildman–Crippen LogP) is 1.37. The first-order chi connectivity index (χ1) is 24.3. The van der Waals surface area contributed by atoms with Crippen molar-refractivity contribution in [3.05, 3.63) is 65.6 Å². The van der Waals surface area contributed by atoms with Crippen molar-refractivity contribution < 1.29 is 85.0 Å². The minimum absolute atomic E-state index is 0. The van der Waals surface area contributed by atoms with E-state index in [9.17, 15) is 45.7 Å².